The third-order valence-corrected chi connectivity index (χ3v) is 5.77. The average Bonchev–Trinajstić information content (AvgIpc) is 3.11. The second-order valence-electron chi connectivity index (χ2n) is 7.78. The van der Waals surface area contributed by atoms with Gasteiger partial charge in [0, 0.05) is 0 Å². The number of hydrogen-bond donors (Lipinski definition) is 7. The normalized spacial score (nSPS) is 41.9. The van der Waals surface area contributed by atoms with Crippen molar-refractivity contribution in [1.29, 1.82) is 0 Å². The molecule has 0 bridgehead atoms. The minimum atomic E-state index is -1.67. The summed E-state index contributed by atoms with van der Waals surface area (Å²) in [6, 6.07) is 5.92. The summed E-state index contributed by atoms with van der Waals surface area (Å²) in [6.07, 6.45) is -15.3. The summed E-state index contributed by atoms with van der Waals surface area (Å²) < 4.78 is 21.5. The summed E-state index contributed by atoms with van der Waals surface area (Å²) in [7, 11) is 0. The lowest BCUT2D eigenvalue weighted by Gasteiger charge is -2.42. The van der Waals surface area contributed by atoms with Crippen LogP contribution in [-0.4, -0.2) is 116 Å². The van der Waals surface area contributed by atoms with Crippen LogP contribution in [0.25, 0.3) is 0 Å². The smallest absolute Gasteiger partial charge is 0.417 e. The van der Waals surface area contributed by atoms with Gasteiger partial charge in [0.2, 0.25) is 0 Å². The number of para-hydroxylation sites is 2. The van der Waals surface area contributed by atoms with Gasteiger partial charge < -0.3 is 54.7 Å². The number of anilines is 1. The van der Waals surface area contributed by atoms with Crippen LogP contribution in [-0.2, 0) is 18.9 Å². The lowest BCUT2D eigenvalue weighted by atomic mass is 9.97. The molecule has 1 aromatic rings. The van der Waals surface area contributed by atoms with Crippen molar-refractivity contribution in [2.45, 2.75) is 61.3 Å². The van der Waals surface area contributed by atoms with E-state index in [0.717, 1.165) is 4.90 Å². The molecule has 178 valence electrons. The van der Waals surface area contributed by atoms with Gasteiger partial charge in [0.05, 0.1) is 18.9 Å². The van der Waals surface area contributed by atoms with Crippen LogP contribution in [0, 0.1) is 0 Å². The lowest BCUT2D eigenvalue weighted by molar-refractivity contribution is -0.312. The number of carbonyl (C=O) groups excluding carboxylic acids is 1. The minimum absolute atomic E-state index is 0.0715. The van der Waals surface area contributed by atoms with Gasteiger partial charge in [-0.25, -0.2) is 9.69 Å². The number of amides is 1. The van der Waals surface area contributed by atoms with Gasteiger partial charge >= 0.3 is 6.09 Å². The second kappa shape index (κ2) is 9.05. The first-order valence-electron chi connectivity index (χ1n) is 9.96. The predicted octanol–water partition coefficient (Wildman–Crippen LogP) is -3.02. The van der Waals surface area contributed by atoms with Gasteiger partial charge in [-0.3, -0.25) is 0 Å². The largest absolute Gasteiger partial charge is 0.506 e. The van der Waals surface area contributed by atoms with Crippen LogP contribution >= 0.6 is 0 Å². The second-order valence-corrected chi connectivity index (χ2v) is 7.78. The molecule has 0 aliphatic carbocycles. The molecule has 3 saturated heterocycles. The first-order chi connectivity index (χ1) is 15.2. The van der Waals surface area contributed by atoms with Crippen molar-refractivity contribution in [3.8, 4) is 5.75 Å². The number of nitrogens with zero attached hydrogens (tertiary/aromatic N) is 1. The number of aliphatic hydroxyl groups is 6. The summed E-state index contributed by atoms with van der Waals surface area (Å²) in [5.41, 5.74) is 0.0715. The van der Waals surface area contributed by atoms with Gasteiger partial charge in [-0.15, -0.1) is 0 Å². The standard InChI is InChI=1S/C19H25NO12/c21-5-9-11(23)13(25)15(27)18(31-9)29-6-10-12(24)14(26)16-17(30-10)20(19(28)32-16)7-3-1-2-4-8(7)22/h1-4,9-18,21-27H,5-6H2/t9-,10+,11+,12+,13+,14+,15-,16+,17+,18+/m1/s1. The molecule has 3 fully saturated rings. The zero-order valence-electron chi connectivity index (χ0n) is 16.6. The van der Waals surface area contributed by atoms with Crippen LogP contribution in [0.1, 0.15) is 0 Å². The molecular formula is C19H25NO12. The average molecular weight is 459 g/mol. The van der Waals surface area contributed by atoms with Gasteiger partial charge in [-0.2, -0.15) is 0 Å². The first kappa shape index (κ1) is 23.1. The lowest BCUT2D eigenvalue weighted by Crippen LogP contribution is -2.62. The van der Waals surface area contributed by atoms with Gasteiger partial charge in [0.1, 0.15) is 48.5 Å². The van der Waals surface area contributed by atoms with Crippen molar-refractivity contribution < 1.29 is 59.5 Å². The van der Waals surface area contributed by atoms with Crippen LogP contribution in [0.15, 0.2) is 24.3 Å². The van der Waals surface area contributed by atoms with Crippen molar-refractivity contribution in [3.63, 3.8) is 0 Å². The predicted molar refractivity (Wildman–Crippen MR) is 101 cm³/mol. The SMILES string of the molecule is O=C1O[C@H]2[C@@H](O)[C@@H](O)[C@H](CO[C@H]3O[C@H](CO)[C@H](O)[C@H](O)[C@H]3O)O[C@@H]2N1c1ccccc1O. The number of phenols is 1. The highest BCUT2D eigenvalue weighted by molar-refractivity contribution is 5.92. The van der Waals surface area contributed by atoms with Crippen molar-refractivity contribution in [1.82, 2.24) is 0 Å². The Bertz CT molecular complexity index is 823. The highest BCUT2D eigenvalue weighted by Gasteiger charge is 2.56. The number of benzene rings is 1. The molecule has 3 heterocycles. The number of phenolic OH excluding ortho intramolecular Hbond substituents is 1. The summed E-state index contributed by atoms with van der Waals surface area (Å²) in [6.45, 7) is -1.11. The number of carbonyl (C=O) groups is 1. The molecule has 3 aliphatic rings. The molecular weight excluding hydrogens is 434 g/mol. The van der Waals surface area contributed by atoms with E-state index < -0.39 is 80.7 Å². The zero-order valence-corrected chi connectivity index (χ0v) is 16.6. The molecule has 0 spiro atoms. The van der Waals surface area contributed by atoms with Crippen molar-refractivity contribution in [3.05, 3.63) is 24.3 Å². The maximum atomic E-state index is 12.4. The number of aromatic hydroxyl groups is 1. The maximum Gasteiger partial charge on any atom is 0.417 e. The fourth-order valence-electron chi connectivity index (χ4n) is 3.97. The van der Waals surface area contributed by atoms with E-state index in [1.165, 1.54) is 12.1 Å². The van der Waals surface area contributed by atoms with Crippen molar-refractivity contribution >= 4 is 11.8 Å². The Kier molecular flexibility index (Phi) is 6.53. The molecule has 0 radical (unpaired) electrons. The third kappa shape index (κ3) is 3.91. The third-order valence-electron chi connectivity index (χ3n) is 5.77. The first-order valence-corrected chi connectivity index (χ1v) is 9.96. The Morgan fingerprint density at radius 2 is 1.59 bits per heavy atom. The molecule has 13 nitrogen and oxygen atoms in total. The van der Waals surface area contributed by atoms with E-state index in [1.54, 1.807) is 12.1 Å². The molecule has 4 rings (SSSR count). The van der Waals surface area contributed by atoms with E-state index in [4.69, 9.17) is 18.9 Å². The molecule has 10 atom stereocenters. The number of aliphatic hydroxyl groups excluding tert-OH is 6. The Balaban J connectivity index is 1.49. The Labute approximate surface area is 181 Å². The van der Waals surface area contributed by atoms with Crippen LogP contribution in [0.4, 0.5) is 10.5 Å². The van der Waals surface area contributed by atoms with E-state index in [0.29, 0.717) is 0 Å². The molecule has 32 heavy (non-hydrogen) atoms. The van der Waals surface area contributed by atoms with E-state index in [2.05, 4.69) is 0 Å². The van der Waals surface area contributed by atoms with Gasteiger partial charge in [0.25, 0.3) is 0 Å². The van der Waals surface area contributed by atoms with Gasteiger partial charge in [-0.05, 0) is 12.1 Å². The number of hydrogen-bond acceptors (Lipinski definition) is 12. The van der Waals surface area contributed by atoms with Gasteiger partial charge in [-0.1, -0.05) is 12.1 Å². The highest BCUT2D eigenvalue weighted by Crippen LogP contribution is 2.38. The Hall–Kier alpha value is -2.07. The van der Waals surface area contributed by atoms with Gasteiger partial charge in [0.15, 0.2) is 18.6 Å². The molecule has 3 aliphatic heterocycles. The fraction of sp³-hybridized carbons (Fsp3) is 0.632. The molecule has 7 N–H and O–H groups in total. The van der Waals surface area contributed by atoms with E-state index >= 15 is 0 Å². The molecule has 13 heteroatoms. The van der Waals surface area contributed by atoms with Crippen molar-refractivity contribution in [2.75, 3.05) is 18.1 Å². The number of rotatable bonds is 5. The van der Waals surface area contributed by atoms with Crippen molar-refractivity contribution in [2.24, 2.45) is 0 Å². The molecule has 0 aromatic heterocycles. The maximum absolute atomic E-state index is 12.4. The zero-order chi connectivity index (χ0) is 23.2. The highest BCUT2D eigenvalue weighted by atomic mass is 16.7. The monoisotopic (exact) mass is 459 g/mol. The summed E-state index contributed by atoms with van der Waals surface area (Å²) in [4.78, 5) is 13.4. The van der Waals surface area contributed by atoms with Crippen LogP contribution < -0.4 is 4.90 Å². The fourth-order valence-corrected chi connectivity index (χ4v) is 3.97. The summed E-state index contributed by atoms with van der Waals surface area (Å²) in [5, 5.41) is 70.0. The van der Waals surface area contributed by atoms with E-state index in [-0.39, 0.29) is 11.4 Å². The molecule has 0 unspecified atom stereocenters. The number of fused-ring (bicyclic) bond motifs is 1. The van der Waals surface area contributed by atoms with E-state index in [9.17, 15) is 40.5 Å². The number of ether oxygens (including phenoxy) is 4. The Morgan fingerprint density at radius 1 is 0.906 bits per heavy atom. The van der Waals surface area contributed by atoms with Crippen LogP contribution in [0.2, 0.25) is 0 Å². The molecule has 0 saturated carbocycles. The molecule has 1 amide bonds. The van der Waals surface area contributed by atoms with E-state index in [1.807, 2.05) is 0 Å². The minimum Gasteiger partial charge on any atom is -0.506 e. The molecule has 1 aromatic carbocycles. The van der Waals surface area contributed by atoms with Crippen LogP contribution in [0.3, 0.4) is 0 Å². The summed E-state index contributed by atoms with van der Waals surface area (Å²) in [5.74, 6) is -0.233. The summed E-state index contributed by atoms with van der Waals surface area (Å²) >= 11 is 0. The van der Waals surface area contributed by atoms with Crippen LogP contribution in [0.5, 0.6) is 5.75 Å². The quantitative estimate of drug-likeness (QED) is 0.236. The topological polar surface area (TPSA) is 199 Å². The Morgan fingerprint density at radius 3 is 2.28 bits per heavy atom.